The molecule has 0 saturated heterocycles. The van der Waals surface area contributed by atoms with Crippen LogP contribution >= 0.6 is 15.9 Å². The van der Waals surface area contributed by atoms with Crippen molar-refractivity contribution in [3.05, 3.63) is 34.3 Å². The van der Waals surface area contributed by atoms with E-state index in [0.717, 1.165) is 22.9 Å². The average Bonchev–Trinajstić information content (AvgIpc) is 2.94. The highest BCUT2D eigenvalue weighted by Gasteiger charge is 2.48. The highest BCUT2D eigenvalue weighted by molar-refractivity contribution is 9.10. The van der Waals surface area contributed by atoms with E-state index in [1.165, 1.54) is 0 Å². The van der Waals surface area contributed by atoms with Gasteiger partial charge in [0.05, 0.1) is 5.92 Å². The zero-order valence-corrected chi connectivity index (χ0v) is 11.8. The lowest BCUT2D eigenvalue weighted by atomic mass is 9.87. The summed E-state index contributed by atoms with van der Waals surface area (Å²) in [5.74, 6) is 0.310. The summed E-state index contributed by atoms with van der Waals surface area (Å²) >= 11 is 3.47. The van der Waals surface area contributed by atoms with Gasteiger partial charge in [-0.25, -0.2) is 0 Å². The Morgan fingerprint density at radius 2 is 2.28 bits per heavy atom. The molecule has 2 aliphatic rings. The number of nitrogens with zero attached hydrogens (tertiary/aromatic N) is 1. The molecule has 4 heteroatoms. The number of carbonyl (C=O) groups is 1. The number of Topliss-reactive ketones (excluding diaryl/α,β-unsaturated/α-hetero) is 1. The second-order valence-corrected chi connectivity index (χ2v) is 6.27. The number of halogens is 1. The maximum atomic E-state index is 12.4. The first-order chi connectivity index (χ1) is 8.60. The summed E-state index contributed by atoms with van der Waals surface area (Å²) < 4.78 is 1.04. The Balaban J connectivity index is 1.89. The number of hydrogen-bond donors (Lipinski definition) is 1. The van der Waals surface area contributed by atoms with Crippen LogP contribution in [0.2, 0.25) is 0 Å². The van der Waals surface area contributed by atoms with Crippen molar-refractivity contribution in [3.63, 3.8) is 0 Å². The monoisotopic (exact) mass is 306 g/mol. The fourth-order valence-corrected chi connectivity index (χ4v) is 2.75. The molecule has 1 saturated carbocycles. The summed E-state index contributed by atoms with van der Waals surface area (Å²) in [5.41, 5.74) is 4.68. The summed E-state index contributed by atoms with van der Waals surface area (Å²) in [6, 6.07) is 8.11. The number of benzene rings is 1. The summed E-state index contributed by atoms with van der Waals surface area (Å²) in [6.45, 7) is 2.75. The molecule has 0 aromatic heterocycles. The molecule has 0 bridgehead atoms. The van der Waals surface area contributed by atoms with Crippen molar-refractivity contribution < 1.29 is 4.79 Å². The molecule has 1 fully saturated rings. The highest BCUT2D eigenvalue weighted by Crippen LogP contribution is 2.47. The van der Waals surface area contributed by atoms with Crippen LogP contribution in [0.4, 0.5) is 0 Å². The molecule has 1 aromatic rings. The van der Waals surface area contributed by atoms with Crippen molar-refractivity contribution in [2.24, 2.45) is 10.5 Å². The Morgan fingerprint density at radius 1 is 1.50 bits per heavy atom. The minimum atomic E-state index is -0.144. The number of hydrogen-bond acceptors (Lipinski definition) is 3. The van der Waals surface area contributed by atoms with Crippen LogP contribution < -0.4 is 5.43 Å². The number of carbonyl (C=O) groups excluding carboxylic acids is 1. The topological polar surface area (TPSA) is 41.5 Å². The minimum Gasteiger partial charge on any atom is -0.309 e. The molecular weight excluding hydrogens is 292 g/mol. The van der Waals surface area contributed by atoms with Gasteiger partial charge < -0.3 is 5.43 Å². The van der Waals surface area contributed by atoms with Crippen molar-refractivity contribution in [2.75, 3.05) is 6.54 Å². The average molecular weight is 307 g/mol. The third kappa shape index (κ3) is 1.99. The van der Waals surface area contributed by atoms with Crippen LogP contribution in [0, 0.1) is 5.41 Å². The normalized spacial score (nSPS) is 24.3. The largest absolute Gasteiger partial charge is 0.309 e. The van der Waals surface area contributed by atoms with Gasteiger partial charge in [-0.3, -0.25) is 4.79 Å². The first-order valence-electron chi connectivity index (χ1n) is 6.21. The van der Waals surface area contributed by atoms with E-state index in [1.807, 2.05) is 19.1 Å². The molecule has 18 heavy (non-hydrogen) atoms. The maximum Gasteiger partial charge on any atom is 0.185 e. The first kappa shape index (κ1) is 11.9. The van der Waals surface area contributed by atoms with Gasteiger partial charge in [-0.15, -0.1) is 0 Å². The number of nitrogens with one attached hydrogen (secondary N) is 1. The van der Waals surface area contributed by atoms with Gasteiger partial charge in [0.2, 0.25) is 0 Å². The van der Waals surface area contributed by atoms with Crippen molar-refractivity contribution >= 4 is 27.4 Å². The standard InChI is InChI=1S/C14H15BrN2O/c1-14(5-6-14)13(18)12-11(8-16-17-12)9-3-2-4-10(15)7-9/h2-4,7,11,16H,5-6,8H2,1H3. The molecule has 1 aliphatic carbocycles. The fourth-order valence-electron chi connectivity index (χ4n) is 2.33. The van der Waals surface area contributed by atoms with E-state index in [-0.39, 0.29) is 17.1 Å². The Bertz CT molecular complexity index is 534. The van der Waals surface area contributed by atoms with Crippen LogP contribution in [0.25, 0.3) is 0 Å². The quantitative estimate of drug-likeness (QED) is 0.933. The van der Waals surface area contributed by atoms with E-state index in [0.29, 0.717) is 12.3 Å². The van der Waals surface area contributed by atoms with Crippen LogP contribution in [0.3, 0.4) is 0 Å². The molecule has 1 aromatic carbocycles. The first-order valence-corrected chi connectivity index (χ1v) is 7.00. The third-order valence-electron chi connectivity index (χ3n) is 3.86. The Hall–Kier alpha value is -1.16. The lowest BCUT2D eigenvalue weighted by Gasteiger charge is -2.14. The SMILES string of the molecule is CC1(C(=O)C2=NNCC2c2cccc(Br)c2)CC1. The molecule has 1 unspecified atom stereocenters. The summed E-state index contributed by atoms with van der Waals surface area (Å²) in [6.07, 6.45) is 1.99. The van der Waals surface area contributed by atoms with Crippen molar-refractivity contribution in [2.45, 2.75) is 25.7 Å². The molecule has 1 aliphatic heterocycles. The van der Waals surface area contributed by atoms with Gasteiger partial charge >= 0.3 is 0 Å². The van der Waals surface area contributed by atoms with E-state index >= 15 is 0 Å². The summed E-state index contributed by atoms with van der Waals surface area (Å²) in [4.78, 5) is 12.4. The molecule has 1 atom stereocenters. The van der Waals surface area contributed by atoms with Gasteiger partial charge in [-0.05, 0) is 30.5 Å². The lowest BCUT2D eigenvalue weighted by molar-refractivity contribution is -0.117. The Kier molecular flexibility index (Phi) is 2.77. The molecule has 94 valence electrons. The fraction of sp³-hybridized carbons (Fsp3) is 0.429. The smallest absolute Gasteiger partial charge is 0.185 e. The van der Waals surface area contributed by atoms with Crippen molar-refractivity contribution in [1.82, 2.24) is 5.43 Å². The van der Waals surface area contributed by atoms with Gasteiger partial charge in [-0.2, -0.15) is 5.10 Å². The van der Waals surface area contributed by atoms with Crippen molar-refractivity contribution in [1.29, 1.82) is 0 Å². The Morgan fingerprint density at radius 3 is 2.94 bits per heavy atom. The number of ketones is 1. The van der Waals surface area contributed by atoms with Gasteiger partial charge in [0.1, 0.15) is 5.71 Å². The molecule has 1 N–H and O–H groups in total. The van der Waals surface area contributed by atoms with Gasteiger partial charge in [-0.1, -0.05) is 35.0 Å². The van der Waals surface area contributed by atoms with Crippen LogP contribution in [0.5, 0.6) is 0 Å². The van der Waals surface area contributed by atoms with E-state index in [2.05, 4.69) is 38.6 Å². The molecule has 3 nitrogen and oxygen atoms in total. The van der Waals surface area contributed by atoms with Crippen molar-refractivity contribution in [3.8, 4) is 0 Å². The molecule has 0 amide bonds. The molecule has 1 heterocycles. The van der Waals surface area contributed by atoms with Crippen LogP contribution in [-0.2, 0) is 4.79 Å². The number of rotatable bonds is 3. The van der Waals surface area contributed by atoms with Crippen LogP contribution in [0.1, 0.15) is 31.2 Å². The number of hydrazone groups is 1. The second-order valence-electron chi connectivity index (χ2n) is 5.36. The lowest BCUT2D eigenvalue weighted by Crippen LogP contribution is -2.27. The predicted molar refractivity (Wildman–Crippen MR) is 74.7 cm³/mol. The molecule has 3 rings (SSSR count). The predicted octanol–water partition coefficient (Wildman–Crippen LogP) is 2.86. The van der Waals surface area contributed by atoms with E-state index < -0.39 is 0 Å². The highest BCUT2D eigenvalue weighted by atomic mass is 79.9. The van der Waals surface area contributed by atoms with E-state index in [1.54, 1.807) is 0 Å². The minimum absolute atomic E-state index is 0.0902. The third-order valence-corrected chi connectivity index (χ3v) is 4.35. The van der Waals surface area contributed by atoms with Crippen LogP contribution in [0.15, 0.2) is 33.8 Å². The summed E-state index contributed by atoms with van der Waals surface area (Å²) in [5, 5.41) is 4.23. The van der Waals surface area contributed by atoms with Gasteiger partial charge in [0.15, 0.2) is 5.78 Å². The Labute approximate surface area is 115 Å². The zero-order chi connectivity index (χ0) is 12.8. The van der Waals surface area contributed by atoms with Gasteiger partial charge in [0, 0.05) is 16.4 Å². The zero-order valence-electron chi connectivity index (χ0n) is 10.2. The summed E-state index contributed by atoms with van der Waals surface area (Å²) in [7, 11) is 0. The maximum absolute atomic E-state index is 12.4. The van der Waals surface area contributed by atoms with E-state index in [4.69, 9.17) is 0 Å². The molecule has 0 spiro atoms. The van der Waals surface area contributed by atoms with E-state index in [9.17, 15) is 4.79 Å². The molecule has 0 radical (unpaired) electrons. The second kappa shape index (κ2) is 4.19. The molecular formula is C14H15BrN2O. The van der Waals surface area contributed by atoms with Gasteiger partial charge in [0.25, 0.3) is 0 Å². The van der Waals surface area contributed by atoms with Crippen LogP contribution in [-0.4, -0.2) is 18.0 Å².